The molecule has 0 aliphatic rings. The second-order valence-corrected chi connectivity index (χ2v) is 3.25. The average Bonchev–Trinajstić information content (AvgIpc) is 2.09. The molecule has 0 aliphatic heterocycles. The summed E-state index contributed by atoms with van der Waals surface area (Å²) in [4.78, 5) is 10.2. The van der Waals surface area contributed by atoms with Gasteiger partial charge >= 0.3 is 5.97 Å². The molecule has 0 aromatic rings. The number of hydrogen-bond acceptors (Lipinski definition) is 1. The number of hydrogen-bond donors (Lipinski definition) is 1. The van der Waals surface area contributed by atoms with Crippen molar-refractivity contribution in [1.82, 2.24) is 0 Å². The summed E-state index contributed by atoms with van der Waals surface area (Å²) >= 11 is 0. The zero-order valence-electron chi connectivity index (χ0n) is 8.46. The molecule has 0 unspecified atom stereocenters. The van der Waals surface area contributed by atoms with E-state index in [0.29, 0.717) is 6.42 Å². The van der Waals surface area contributed by atoms with Crippen molar-refractivity contribution in [3.05, 3.63) is 12.2 Å². The van der Waals surface area contributed by atoms with Crippen LogP contribution in [0.15, 0.2) is 12.2 Å². The molecule has 13 heavy (non-hydrogen) atoms. The first-order valence-electron chi connectivity index (χ1n) is 5.14. The largest absolute Gasteiger partial charge is 0.481 e. The summed E-state index contributed by atoms with van der Waals surface area (Å²) in [5, 5.41) is 8.37. The molecule has 1 N–H and O–H groups in total. The lowest BCUT2D eigenvalue weighted by atomic mass is 10.1. The van der Waals surface area contributed by atoms with Crippen LogP contribution in [0.2, 0.25) is 0 Å². The SMILES string of the molecule is CCCC/C=C\CCCCC(=O)O. The second-order valence-electron chi connectivity index (χ2n) is 3.25. The van der Waals surface area contributed by atoms with Crippen molar-refractivity contribution in [2.45, 2.75) is 51.9 Å². The highest BCUT2D eigenvalue weighted by Gasteiger charge is 1.93. The summed E-state index contributed by atoms with van der Waals surface area (Å²) in [6.45, 7) is 2.18. The topological polar surface area (TPSA) is 37.3 Å². The summed E-state index contributed by atoms with van der Waals surface area (Å²) in [5.74, 6) is -0.685. The van der Waals surface area contributed by atoms with Crippen molar-refractivity contribution in [2.24, 2.45) is 0 Å². The van der Waals surface area contributed by atoms with E-state index >= 15 is 0 Å². The van der Waals surface area contributed by atoms with Crippen molar-refractivity contribution in [3.8, 4) is 0 Å². The van der Waals surface area contributed by atoms with E-state index in [-0.39, 0.29) is 0 Å². The molecule has 76 valence electrons. The molecule has 0 aromatic heterocycles. The zero-order valence-corrected chi connectivity index (χ0v) is 8.46. The number of carbonyl (C=O) groups is 1. The van der Waals surface area contributed by atoms with Gasteiger partial charge < -0.3 is 5.11 Å². The highest BCUT2D eigenvalue weighted by atomic mass is 16.4. The molecule has 0 saturated heterocycles. The summed E-state index contributed by atoms with van der Waals surface area (Å²) in [6, 6.07) is 0. The molecule has 0 bridgehead atoms. The average molecular weight is 184 g/mol. The van der Waals surface area contributed by atoms with Crippen molar-refractivity contribution in [1.29, 1.82) is 0 Å². The fraction of sp³-hybridized carbons (Fsp3) is 0.727. The van der Waals surface area contributed by atoms with Crippen molar-refractivity contribution in [3.63, 3.8) is 0 Å². The third-order valence-electron chi connectivity index (χ3n) is 1.90. The minimum absolute atomic E-state index is 0.308. The second kappa shape index (κ2) is 9.30. The first kappa shape index (κ1) is 12.2. The van der Waals surface area contributed by atoms with E-state index in [4.69, 9.17) is 5.11 Å². The van der Waals surface area contributed by atoms with Gasteiger partial charge in [-0.1, -0.05) is 31.9 Å². The Labute approximate surface area is 80.7 Å². The van der Waals surface area contributed by atoms with Crippen LogP contribution in [0.1, 0.15) is 51.9 Å². The van der Waals surface area contributed by atoms with Gasteiger partial charge in [0.15, 0.2) is 0 Å². The molecule has 2 heteroatoms. The van der Waals surface area contributed by atoms with Gasteiger partial charge in [-0.05, 0) is 25.7 Å². The minimum atomic E-state index is -0.685. The van der Waals surface area contributed by atoms with Crippen LogP contribution in [-0.2, 0) is 4.79 Å². The molecule has 0 amide bonds. The van der Waals surface area contributed by atoms with Gasteiger partial charge in [-0.15, -0.1) is 0 Å². The Hall–Kier alpha value is -0.790. The quantitative estimate of drug-likeness (QED) is 0.464. The fourth-order valence-corrected chi connectivity index (χ4v) is 1.10. The van der Waals surface area contributed by atoms with Crippen LogP contribution in [-0.4, -0.2) is 11.1 Å². The lowest BCUT2D eigenvalue weighted by molar-refractivity contribution is -0.137. The molecule has 0 radical (unpaired) electrons. The van der Waals surface area contributed by atoms with Gasteiger partial charge in [0.1, 0.15) is 0 Å². The maximum Gasteiger partial charge on any atom is 0.303 e. The van der Waals surface area contributed by atoms with E-state index in [1.165, 1.54) is 12.8 Å². The minimum Gasteiger partial charge on any atom is -0.481 e. The predicted octanol–water partition coefficient (Wildman–Crippen LogP) is 3.38. The van der Waals surface area contributed by atoms with Gasteiger partial charge in [-0.25, -0.2) is 0 Å². The maximum absolute atomic E-state index is 10.2. The molecule has 0 aromatic carbocycles. The van der Waals surface area contributed by atoms with E-state index in [1.54, 1.807) is 0 Å². The maximum atomic E-state index is 10.2. The van der Waals surface area contributed by atoms with Gasteiger partial charge in [0.25, 0.3) is 0 Å². The van der Waals surface area contributed by atoms with Gasteiger partial charge in [-0.2, -0.15) is 0 Å². The van der Waals surface area contributed by atoms with Crippen LogP contribution in [0.4, 0.5) is 0 Å². The Bertz CT molecular complexity index is 150. The van der Waals surface area contributed by atoms with Crippen LogP contribution in [0.5, 0.6) is 0 Å². The lowest BCUT2D eigenvalue weighted by Gasteiger charge is -1.93. The van der Waals surface area contributed by atoms with Gasteiger partial charge in [0.2, 0.25) is 0 Å². The third kappa shape index (κ3) is 11.2. The molecule has 0 fully saturated rings. The van der Waals surface area contributed by atoms with Crippen LogP contribution in [0.3, 0.4) is 0 Å². The van der Waals surface area contributed by atoms with Gasteiger partial charge in [-0.3, -0.25) is 4.79 Å². The molecule has 0 heterocycles. The standard InChI is InChI=1S/C11H20O2/c1-2-3-4-5-6-7-8-9-10-11(12)13/h5-6H,2-4,7-10H2,1H3,(H,12,13)/b6-5-. The zero-order chi connectivity index (χ0) is 9.94. The molecular formula is C11H20O2. The van der Waals surface area contributed by atoms with Crippen molar-refractivity contribution < 1.29 is 9.90 Å². The third-order valence-corrected chi connectivity index (χ3v) is 1.90. The van der Waals surface area contributed by atoms with Crippen LogP contribution < -0.4 is 0 Å². The normalized spacial score (nSPS) is 10.8. The summed E-state index contributed by atoms with van der Waals surface area (Å²) in [5.41, 5.74) is 0. The Morgan fingerprint density at radius 2 is 1.77 bits per heavy atom. The predicted molar refractivity (Wildman–Crippen MR) is 54.8 cm³/mol. The fourth-order valence-electron chi connectivity index (χ4n) is 1.10. The summed E-state index contributed by atoms with van der Waals surface area (Å²) < 4.78 is 0. The first-order chi connectivity index (χ1) is 6.27. The Morgan fingerprint density at radius 3 is 2.31 bits per heavy atom. The monoisotopic (exact) mass is 184 g/mol. The van der Waals surface area contributed by atoms with E-state index in [0.717, 1.165) is 25.7 Å². The van der Waals surface area contributed by atoms with Gasteiger partial charge in [0.05, 0.1) is 0 Å². The summed E-state index contributed by atoms with van der Waals surface area (Å²) in [6.07, 6.45) is 11.1. The van der Waals surface area contributed by atoms with E-state index in [2.05, 4.69) is 19.1 Å². The van der Waals surface area contributed by atoms with Crippen molar-refractivity contribution >= 4 is 5.97 Å². The number of carboxylic acids is 1. The highest BCUT2D eigenvalue weighted by molar-refractivity contribution is 5.66. The number of allylic oxidation sites excluding steroid dienone is 2. The van der Waals surface area contributed by atoms with E-state index < -0.39 is 5.97 Å². The number of aliphatic carboxylic acids is 1. The Balaban J connectivity index is 3.06. The van der Waals surface area contributed by atoms with E-state index in [1.807, 2.05) is 0 Å². The Morgan fingerprint density at radius 1 is 1.15 bits per heavy atom. The number of rotatable bonds is 8. The van der Waals surface area contributed by atoms with Crippen LogP contribution in [0, 0.1) is 0 Å². The lowest BCUT2D eigenvalue weighted by Crippen LogP contribution is -1.92. The number of unbranched alkanes of at least 4 members (excludes halogenated alkanes) is 4. The molecule has 0 aliphatic carbocycles. The van der Waals surface area contributed by atoms with E-state index in [9.17, 15) is 4.79 Å². The molecule has 2 nitrogen and oxygen atoms in total. The molecule has 0 saturated carbocycles. The highest BCUT2D eigenvalue weighted by Crippen LogP contribution is 2.02. The molecule has 0 atom stereocenters. The Kier molecular flexibility index (Phi) is 8.73. The molecular weight excluding hydrogens is 164 g/mol. The van der Waals surface area contributed by atoms with Crippen LogP contribution in [0.25, 0.3) is 0 Å². The van der Waals surface area contributed by atoms with Gasteiger partial charge in [0, 0.05) is 6.42 Å². The molecule has 0 rings (SSSR count). The number of carboxylic acid groups (broad SMARTS) is 1. The molecule has 0 spiro atoms. The van der Waals surface area contributed by atoms with Crippen LogP contribution >= 0.6 is 0 Å². The summed E-state index contributed by atoms with van der Waals surface area (Å²) in [7, 11) is 0. The van der Waals surface area contributed by atoms with Crippen molar-refractivity contribution in [2.75, 3.05) is 0 Å². The smallest absolute Gasteiger partial charge is 0.303 e. The first-order valence-corrected chi connectivity index (χ1v) is 5.14.